The summed E-state index contributed by atoms with van der Waals surface area (Å²) in [5.41, 5.74) is 3.93. The van der Waals surface area contributed by atoms with Crippen LogP contribution in [0.5, 0.6) is 0 Å². The van der Waals surface area contributed by atoms with Gasteiger partial charge in [-0.15, -0.1) is 0 Å². The van der Waals surface area contributed by atoms with Crippen LogP contribution >= 0.6 is 0 Å². The minimum Gasteiger partial charge on any atom is -0.308 e. The smallest absolute Gasteiger partial charge is 0.138 e. The first kappa shape index (κ1) is 14.3. The third-order valence-corrected chi connectivity index (χ3v) is 3.91. The zero-order valence-corrected chi connectivity index (χ0v) is 13.2. The summed E-state index contributed by atoms with van der Waals surface area (Å²) in [7, 11) is 0. The number of imidazole rings is 1. The third-order valence-electron chi connectivity index (χ3n) is 3.91. The highest BCUT2D eigenvalue weighted by Gasteiger charge is 2.16. The predicted molar refractivity (Wildman–Crippen MR) is 84.6 cm³/mol. The average Bonchev–Trinajstić information content (AvgIpc) is 2.89. The number of rotatable bonds is 3. The Labute approximate surface area is 126 Å². The summed E-state index contributed by atoms with van der Waals surface area (Å²) in [5, 5.41) is 3.48. The molecule has 0 unspecified atom stereocenters. The molecular formula is C17H24N4. The zero-order chi connectivity index (χ0) is 14.9. The van der Waals surface area contributed by atoms with E-state index in [1.165, 1.54) is 29.8 Å². The van der Waals surface area contributed by atoms with Crippen molar-refractivity contribution in [1.29, 1.82) is 0 Å². The number of hydrogen-bond acceptors (Lipinski definition) is 3. The van der Waals surface area contributed by atoms with Crippen LogP contribution in [0.1, 0.15) is 50.6 Å². The van der Waals surface area contributed by atoms with Crippen molar-refractivity contribution in [3.05, 3.63) is 41.6 Å². The summed E-state index contributed by atoms with van der Waals surface area (Å²) in [6.45, 7) is 7.37. The Morgan fingerprint density at radius 2 is 1.95 bits per heavy atom. The molecule has 0 aliphatic heterocycles. The van der Waals surface area contributed by atoms with Gasteiger partial charge in [-0.25, -0.2) is 9.97 Å². The van der Waals surface area contributed by atoms with Crippen LogP contribution in [0.15, 0.2) is 24.7 Å². The van der Waals surface area contributed by atoms with Gasteiger partial charge in [0, 0.05) is 24.0 Å². The van der Waals surface area contributed by atoms with Crippen molar-refractivity contribution in [1.82, 2.24) is 19.9 Å². The standard InChI is InChI=1S/C17H24N4/c1-17(2,3)20-11-13-8-9-16(18-10-13)21-12-19-14-6-4-5-7-15(14)21/h8-10,12,20H,4-7,11H2,1-3H3. The summed E-state index contributed by atoms with van der Waals surface area (Å²) >= 11 is 0. The Morgan fingerprint density at radius 3 is 2.67 bits per heavy atom. The predicted octanol–water partition coefficient (Wildman–Crippen LogP) is 3.03. The number of pyridine rings is 1. The topological polar surface area (TPSA) is 42.7 Å². The number of nitrogens with one attached hydrogen (secondary N) is 1. The summed E-state index contributed by atoms with van der Waals surface area (Å²) < 4.78 is 2.15. The number of fused-ring (bicyclic) bond motifs is 1. The van der Waals surface area contributed by atoms with Gasteiger partial charge < -0.3 is 5.32 Å². The highest BCUT2D eigenvalue weighted by atomic mass is 15.1. The molecule has 0 spiro atoms. The molecule has 1 N–H and O–H groups in total. The van der Waals surface area contributed by atoms with E-state index in [0.29, 0.717) is 0 Å². The lowest BCUT2D eigenvalue weighted by molar-refractivity contribution is 0.424. The molecule has 3 rings (SSSR count). The van der Waals surface area contributed by atoms with Gasteiger partial charge in [0.25, 0.3) is 0 Å². The van der Waals surface area contributed by atoms with E-state index in [0.717, 1.165) is 25.2 Å². The average molecular weight is 284 g/mol. The maximum Gasteiger partial charge on any atom is 0.138 e. The van der Waals surface area contributed by atoms with Gasteiger partial charge in [-0.05, 0) is 58.1 Å². The van der Waals surface area contributed by atoms with Crippen molar-refractivity contribution in [2.45, 2.75) is 58.5 Å². The van der Waals surface area contributed by atoms with Crippen molar-refractivity contribution in [3.63, 3.8) is 0 Å². The Kier molecular flexibility index (Phi) is 3.81. The molecule has 0 fully saturated rings. The number of nitrogens with zero attached hydrogens (tertiary/aromatic N) is 3. The van der Waals surface area contributed by atoms with Crippen molar-refractivity contribution in [2.75, 3.05) is 0 Å². The van der Waals surface area contributed by atoms with Gasteiger partial charge >= 0.3 is 0 Å². The second kappa shape index (κ2) is 5.60. The third kappa shape index (κ3) is 3.32. The lowest BCUT2D eigenvalue weighted by Gasteiger charge is -2.20. The van der Waals surface area contributed by atoms with Crippen molar-refractivity contribution >= 4 is 0 Å². The summed E-state index contributed by atoms with van der Waals surface area (Å²) in [6.07, 6.45) is 8.62. The minimum absolute atomic E-state index is 0.127. The van der Waals surface area contributed by atoms with Crippen LogP contribution in [0.4, 0.5) is 0 Å². The molecule has 0 atom stereocenters. The quantitative estimate of drug-likeness (QED) is 0.942. The lowest BCUT2D eigenvalue weighted by atomic mass is 10.0. The Hall–Kier alpha value is -1.68. The Morgan fingerprint density at radius 1 is 1.14 bits per heavy atom. The maximum atomic E-state index is 4.61. The molecular weight excluding hydrogens is 260 g/mol. The van der Waals surface area contributed by atoms with E-state index in [-0.39, 0.29) is 5.54 Å². The molecule has 2 heterocycles. The Balaban J connectivity index is 1.77. The van der Waals surface area contributed by atoms with E-state index < -0.39 is 0 Å². The van der Waals surface area contributed by atoms with E-state index in [1.807, 2.05) is 12.5 Å². The largest absolute Gasteiger partial charge is 0.308 e. The van der Waals surface area contributed by atoms with Crippen LogP contribution in [0.3, 0.4) is 0 Å². The number of hydrogen-bond donors (Lipinski definition) is 1. The molecule has 0 amide bonds. The fourth-order valence-corrected chi connectivity index (χ4v) is 2.70. The van der Waals surface area contributed by atoms with E-state index in [1.54, 1.807) is 0 Å². The highest BCUT2D eigenvalue weighted by molar-refractivity contribution is 5.31. The Bertz CT molecular complexity index is 605. The molecule has 112 valence electrons. The van der Waals surface area contributed by atoms with Crippen LogP contribution in [-0.4, -0.2) is 20.1 Å². The first-order valence-corrected chi connectivity index (χ1v) is 7.78. The number of aromatic nitrogens is 3. The first-order valence-electron chi connectivity index (χ1n) is 7.78. The molecule has 4 heteroatoms. The van der Waals surface area contributed by atoms with Gasteiger partial charge in [0.05, 0.1) is 5.69 Å². The molecule has 2 aromatic heterocycles. The van der Waals surface area contributed by atoms with Crippen LogP contribution in [-0.2, 0) is 19.4 Å². The first-order chi connectivity index (χ1) is 10.0. The number of aryl methyl sites for hydroxylation is 1. The minimum atomic E-state index is 0.127. The monoisotopic (exact) mass is 284 g/mol. The molecule has 0 bridgehead atoms. The second-order valence-corrected chi connectivity index (χ2v) is 6.84. The SMILES string of the molecule is CC(C)(C)NCc1ccc(-n2cnc3c2CCCC3)nc1. The molecule has 1 aliphatic rings. The van der Waals surface area contributed by atoms with E-state index in [2.05, 4.69) is 52.8 Å². The molecule has 4 nitrogen and oxygen atoms in total. The van der Waals surface area contributed by atoms with Crippen molar-refractivity contribution < 1.29 is 0 Å². The van der Waals surface area contributed by atoms with E-state index >= 15 is 0 Å². The highest BCUT2D eigenvalue weighted by Crippen LogP contribution is 2.22. The van der Waals surface area contributed by atoms with Crippen molar-refractivity contribution in [3.8, 4) is 5.82 Å². The van der Waals surface area contributed by atoms with Gasteiger partial charge in [0.1, 0.15) is 12.1 Å². The van der Waals surface area contributed by atoms with Crippen LogP contribution in [0.2, 0.25) is 0 Å². The maximum absolute atomic E-state index is 4.61. The fraction of sp³-hybridized carbons (Fsp3) is 0.529. The summed E-state index contributed by atoms with van der Waals surface area (Å²) in [6, 6.07) is 4.24. The molecule has 1 aliphatic carbocycles. The van der Waals surface area contributed by atoms with Gasteiger partial charge in [0.15, 0.2) is 0 Å². The van der Waals surface area contributed by atoms with Crippen molar-refractivity contribution in [2.24, 2.45) is 0 Å². The van der Waals surface area contributed by atoms with Gasteiger partial charge in [-0.1, -0.05) is 6.07 Å². The molecule has 0 saturated heterocycles. The van der Waals surface area contributed by atoms with Gasteiger partial charge in [-0.3, -0.25) is 4.57 Å². The zero-order valence-electron chi connectivity index (χ0n) is 13.2. The van der Waals surface area contributed by atoms with Gasteiger partial charge in [-0.2, -0.15) is 0 Å². The summed E-state index contributed by atoms with van der Waals surface area (Å²) in [4.78, 5) is 9.15. The van der Waals surface area contributed by atoms with E-state index in [9.17, 15) is 0 Å². The molecule has 0 radical (unpaired) electrons. The van der Waals surface area contributed by atoms with Crippen LogP contribution in [0, 0.1) is 0 Å². The molecule has 21 heavy (non-hydrogen) atoms. The normalized spacial score (nSPS) is 15.0. The molecule has 0 saturated carbocycles. The fourth-order valence-electron chi connectivity index (χ4n) is 2.70. The molecule has 2 aromatic rings. The van der Waals surface area contributed by atoms with Crippen LogP contribution < -0.4 is 5.32 Å². The summed E-state index contributed by atoms with van der Waals surface area (Å²) in [5.74, 6) is 0.977. The van der Waals surface area contributed by atoms with Crippen LogP contribution in [0.25, 0.3) is 5.82 Å². The van der Waals surface area contributed by atoms with Gasteiger partial charge in [0.2, 0.25) is 0 Å². The lowest BCUT2D eigenvalue weighted by Crippen LogP contribution is -2.35. The molecule has 0 aromatic carbocycles. The van der Waals surface area contributed by atoms with E-state index in [4.69, 9.17) is 0 Å². The second-order valence-electron chi connectivity index (χ2n) is 6.84.